The molecule has 200 valence electrons. The van der Waals surface area contributed by atoms with Crippen LogP contribution in [0.1, 0.15) is 50.7 Å². The molecule has 2 aromatic heterocycles. The number of pyridine rings is 2. The fourth-order valence-corrected chi connectivity index (χ4v) is 6.15. The number of aryl methyl sites for hydroxylation is 1. The van der Waals surface area contributed by atoms with Crippen molar-refractivity contribution in [3.8, 4) is 22.4 Å². The highest BCUT2D eigenvalue weighted by atomic mass is 35.5. The van der Waals surface area contributed by atoms with E-state index in [0.717, 1.165) is 48.3 Å². The first kappa shape index (κ1) is 28.6. The number of rotatable bonds is 3. The summed E-state index contributed by atoms with van der Waals surface area (Å²) in [4.78, 5) is 15.9. The Morgan fingerprint density at radius 3 is 2.18 bits per heavy atom. The van der Waals surface area contributed by atoms with E-state index in [9.17, 15) is 9.18 Å². The summed E-state index contributed by atoms with van der Waals surface area (Å²) in [6.45, 7) is 10.7. The Bertz CT molecular complexity index is 1530. The zero-order chi connectivity index (χ0) is 26.5. The number of benzene rings is 2. The van der Waals surface area contributed by atoms with Crippen LogP contribution in [0.5, 0.6) is 0 Å². The first-order valence-electron chi connectivity index (χ1n) is 12.7. The number of halogens is 4. The molecule has 7 heteroatoms. The monoisotopic (exact) mass is 572 g/mol. The van der Waals surface area contributed by atoms with E-state index in [2.05, 4.69) is 37.8 Å². The molecule has 2 aromatic carbocycles. The molecular weight excluding hydrogens is 542 g/mol. The van der Waals surface area contributed by atoms with Crippen LogP contribution in [0, 0.1) is 12.7 Å². The van der Waals surface area contributed by atoms with Gasteiger partial charge in [0.05, 0.1) is 26.8 Å². The summed E-state index contributed by atoms with van der Waals surface area (Å²) in [7, 11) is 0. The van der Waals surface area contributed by atoms with Gasteiger partial charge in [0, 0.05) is 28.9 Å². The smallest absolute Gasteiger partial charge is 0.190 e. The molecule has 0 amide bonds. The molecule has 1 saturated heterocycles. The lowest BCUT2D eigenvalue weighted by molar-refractivity contribution is 0.102. The third-order valence-corrected chi connectivity index (χ3v) is 8.23. The van der Waals surface area contributed by atoms with Crippen LogP contribution in [0.4, 0.5) is 4.39 Å². The molecule has 5 rings (SSSR count). The van der Waals surface area contributed by atoms with Gasteiger partial charge in [-0.2, -0.15) is 0 Å². The molecule has 38 heavy (non-hydrogen) atoms. The fourth-order valence-electron chi connectivity index (χ4n) is 5.56. The maximum atomic E-state index is 14.0. The average Bonchev–Trinajstić information content (AvgIpc) is 2.84. The van der Waals surface area contributed by atoms with Crippen molar-refractivity contribution in [2.75, 3.05) is 13.1 Å². The van der Waals surface area contributed by atoms with Gasteiger partial charge in [0.2, 0.25) is 0 Å². The predicted molar refractivity (Wildman–Crippen MR) is 160 cm³/mol. The first-order valence-corrected chi connectivity index (χ1v) is 13.5. The molecule has 1 aliphatic rings. The normalized spacial score (nSPS) is 15.0. The van der Waals surface area contributed by atoms with Gasteiger partial charge in [0.25, 0.3) is 0 Å². The van der Waals surface area contributed by atoms with E-state index in [4.69, 9.17) is 23.2 Å². The lowest BCUT2D eigenvalue weighted by atomic mass is 9.86. The summed E-state index contributed by atoms with van der Waals surface area (Å²) in [5, 5.41) is 0.863. The van der Waals surface area contributed by atoms with Crippen molar-refractivity contribution >= 4 is 41.1 Å². The molecule has 0 spiro atoms. The van der Waals surface area contributed by atoms with Gasteiger partial charge in [-0.05, 0) is 113 Å². The molecule has 3 nitrogen and oxygen atoms in total. The number of likely N-dealkylation sites (tertiary alicyclic amines) is 1. The second kappa shape index (κ2) is 11.0. The Labute approximate surface area is 239 Å². The molecule has 0 N–H and O–H groups in total. The van der Waals surface area contributed by atoms with Crippen molar-refractivity contribution in [1.29, 1.82) is 0 Å². The highest BCUT2D eigenvalue weighted by molar-refractivity contribution is 6.39. The van der Waals surface area contributed by atoms with E-state index in [-0.39, 0.29) is 29.2 Å². The number of nitrogens with zero attached hydrogens (tertiary/aromatic N) is 2. The number of hydrogen-bond donors (Lipinski definition) is 0. The van der Waals surface area contributed by atoms with Crippen LogP contribution in [0.25, 0.3) is 27.9 Å². The van der Waals surface area contributed by atoms with Crippen molar-refractivity contribution in [2.24, 2.45) is 0 Å². The van der Waals surface area contributed by atoms with Gasteiger partial charge in [-0.25, -0.2) is 4.39 Å². The Balaban J connectivity index is 0.00000336. The quantitative estimate of drug-likeness (QED) is 0.245. The van der Waals surface area contributed by atoms with E-state index in [0.29, 0.717) is 27.1 Å². The van der Waals surface area contributed by atoms with Crippen molar-refractivity contribution < 1.29 is 4.39 Å². The predicted octanol–water partition coefficient (Wildman–Crippen LogP) is 8.79. The first-order chi connectivity index (χ1) is 17.5. The van der Waals surface area contributed by atoms with Crippen LogP contribution in [-0.2, 0) is 0 Å². The number of piperidine rings is 1. The van der Waals surface area contributed by atoms with Crippen molar-refractivity contribution in [3.05, 3.63) is 98.0 Å². The molecule has 3 heterocycles. The summed E-state index contributed by atoms with van der Waals surface area (Å²) in [5.74, 6) is 0.0691. The minimum Gasteiger partial charge on any atom is -0.316 e. The Morgan fingerprint density at radius 1 is 0.921 bits per heavy atom. The fraction of sp³-hybridized carbons (Fsp3) is 0.323. The van der Waals surface area contributed by atoms with Crippen LogP contribution in [0.15, 0.2) is 65.6 Å². The number of fused-ring (bicyclic) bond motifs is 1. The van der Waals surface area contributed by atoms with Gasteiger partial charge in [0.1, 0.15) is 5.82 Å². The maximum Gasteiger partial charge on any atom is 0.190 e. The zero-order valence-electron chi connectivity index (χ0n) is 22.0. The van der Waals surface area contributed by atoms with E-state index in [1.165, 1.54) is 11.6 Å². The van der Waals surface area contributed by atoms with Crippen molar-refractivity contribution in [2.45, 2.75) is 52.0 Å². The third kappa shape index (κ3) is 5.37. The minimum absolute atomic E-state index is 0. The molecule has 0 atom stereocenters. The molecule has 0 aliphatic carbocycles. The van der Waals surface area contributed by atoms with E-state index in [1.807, 2.05) is 17.4 Å². The third-order valence-electron chi connectivity index (χ3n) is 7.60. The number of aromatic nitrogens is 1. The second-order valence-corrected chi connectivity index (χ2v) is 11.8. The van der Waals surface area contributed by atoms with Crippen LogP contribution in [0.2, 0.25) is 10.0 Å². The molecular formula is C31H32Cl3FN2O. The van der Waals surface area contributed by atoms with Crippen LogP contribution in [0.3, 0.4) is 0 Å². The Morgan fingerprint density at radius 2 is 1.58 bits per heavy atom. The summed E-state index contributed by atoms with van der Waals surface area (Å²) >= 11 is 13.2. The van der Waals surface area contributed by atoms with E-state index >= 15 is 0 Å². The Kier molecular flexibility index (Phi) is 8.30. The van der Waals surface area contributed by atoms with Crippen LogP contribution >= 0.6 is 35.6 Å². The Hall–Kier alpha value is -2.37. The molecule has 0 unspecified atom stereocenters. The summed E-state index contributed by atoms with van der Waals surface area (Å²) in [5.41, 5.74) is 5.58. The largest absolute Gasteiger partial charge is 0.316 e. The molecule has 0 bridgehead atoms. The van der Waals surface area contributed by atoms with Crippen LogP contribution in [-0.4, -0.2) is 27.9 Å². The lowest BCUT2D eigenvalue weighted by Gasteiger charge is -2.41. The molecule has 0 radical (unpaired) electrons. The molecule has 0 saturated carbocycles. The van der Waals surface area contributed by atoms with Gasteiger partial charge in [-0.3, -0.25) is 9.69 Å². The maximum absolute atomic E-state index is 14.0. The van der Waals surface area contributed by atoms with E-state index in [1.54, 1.807) is 36.5 Å². The minimum atomic E-state index is -0.272. The summed E-state index contributed by atoms with van der Waals surface area (Å²) in [6.07, 6.45) is 3.83. The second-order valence-electron chi connectivity index (χ2n) is 11.0. The highest BCUT2D eigenvalue weighted by Crippen LogP contribution is 2.39. The standard InChI is InChI=1S/C31H31Cl2FN2O.ClH/c1-19-16-22(34)8-9-23(19)26-17-21(20-10-13-35(14-11-20)31(2,3)4)18-27-30(28(37)12-15-36(26)27)29-24(32)6-5-7-25(29)33;/h5-9,12,15-18,20H,10-11,13-14H2,1-4H3;1H. The SMILES string of the molecule is Cc1cc(F)ccc1-c1cc(C2CCN(C(C)(C)C)CC2)cc2c(-c3c(Cl)cccc3Cl)c(=O)ccn12.Cl. The van der Waals surface area contributed by atoms with Gasteiger partial charge in [-0.15, -0.1) is 12.4 Å². The van der Waals surface area contributed by atoms with Gasteiger partial charge < -0.3 is 4.40 Å². The van der Waals surface area contributed by atoms with Crippen LogP contribution < -0.4 is 5.43 Å². The van der Waals surface area contributed by atoms with Crippen molar-refractivity contribution in [1.82, 2.24) is 9.30 Å². The highest BCUT2D eigenvalue weighted by Gasteiger charge is 2.28. The molecule has 4 aromatic rings. The van der Waals surface area contributed by atoms with Gasteiger partial charge >= 0.3 is 0 Å². The topological polar surface area (TPSA) is 24.7 Å². The lowest BCUT2D eigenvalue weighted by Crippen LogP contribution is -2.45. The van der Waals surface area contributed by atoms with E-state index < -0.39 is 0 Å². The number of hydrogen-bond acceptors (Lipinski definition) is 2. The van der Waals surface area contributed by atoms with Crippen molar-refractivity contribution in [3.63, 3.8) is 0 Å². The van der Waals surface area contributed by atoms with Gasteiger partial charge in [0.15, 0.2) is 5.43 Å². The molecule has 1 fully saturated rings. The zero-order valence-corrected chi connectivity index (χ0v) is 24.4. The summed E-state index contributed by atoms with van der Waals surface area (Å²) in [6, 6.07) is 16.0. The molecule has 1 aliphatic heterocycles. The average molecular weight is 574 g/mol. The van der Waals surface area contributed by atoms with Gasteiger partial charge in [-0.1, -0.05) is 29.3 Å². The summed E-state index contributed by atoms with van der Waals surface area (Å²) < 4.78 is 16.0.